The molecule has 1 aromatic heterocycles. The van der Waals surface area contributed by atoms with E-state index in [0.29, 0.717) is 12.1 Å². The molecule has 4 nitrogen and oxygen atoms in total. The third kappa shape index (κ3) is 3.00. The van der Waals surface area contributed by atoms with E-state index in [1.54, 1.807) is 0 Å². The molecule has 2 heterocycles. The van der Waals surface area contributed by atoms with E-state index in [-0.39, 0.29) is 0 Å². The van der Waals surface area contributed by atoms with Crippen LogP contribution in [0.5, 0.6) is 0 Å². The molecule has 4 heteroatoms. The summed E-state index contributed by atoms with van der Waals surface area (Å²) in [5.74, 6) is 0. The first kappa shape index (κ1) is 14.5. The van der Waals surface area contributed by atoms with E-state index in [1.807, 2.05) is 11.7 Å². The van der Waals surface area contributed by atoms with Crippen molar-refractivity contribution in [2.24, 2.45) is 7.05 Å². The minimum absolute atomic E-state index is 0.382. The predicted molar refractivity (Wildman–Crippen MR) is 79.4 cm³/mol. The molecule has 1 aromatic rings. The number of rotatable bonds is 5. The number of nitrogens with one attached hydrogen (secondary N) is 1. The maximum absolute atomic E-state index is 4.51. The molecule has 1 fully saturated rings. The molecule has 0 bridgehead atoms. The summed E-state index contributed by atoms with van der Waals surface area (Å²) in [4.78, 5) is 2.59. The molecule has 1 aliphatic rings. The zero-order valence-electron chi connectivity index (χ0n) is 13.0. The van der Waals surface area contributed by atoms with Gasteiger partial charge >= 0.3 is 0 Å². The Morgan fingerprint density at radius 1 is 1.42 bits per heavy atom. The summed E-state index contributed by atoms with van der Waals surface area (Å²) in [6.45, 7) is 12.3. The second kappa shape index (κ2) is 6.06. The normalized spacial score (nSPS) is 22.1. The molecule has 19 heavy (non-hydrogen) atoms. The Morgan fingerprint density at radius 2 is 2.16 bits per heavy atom. The number of likely N-dealkylation sites (N-methyl/N-ethyl adjacent to an activating group) is 1. The van der Waals surface area contributed by atoms with Gasteiger partial charge in [0.1, 0.15) is 0 Å². The Balaban J connectivity index is 1.96. The number of hydrogen-bond donors (Lipinski definition) is 1. The lowest BCUT2D eigenvalue weighted by molar-refractivity contribution is 0.255. The van der Waals surface area contributed by atoms with Gasteiger partial charge in [0.15, 0.2) is 0 Å². The summed E-state index contributed by atoms with van der Waals surface area (Å²) in [6, 6.07) is 1.10. The average molecular weight is 264 g/mol. The van der Waals surface area contributed by atoms with E-state index in [1.165, 1.54) is 37.2 Å². The summed E-state index contributed by atoms with van der Waals surface area (Å²) in [5, 5.41) is 8.21. The topological polar surface area (TPSA) is 33.1 Å². The van der Waals surface area contributed by atoms with Crippen LogP contribution in [0.1, 0.15) is 49.7 Å². The molecule has 0 radical (unpaired) electrons. The van der Waals surface area contributed by atoms with Gasteiger partial charge in [0, 0.05) is 36.9 Å². The van der Waals surface area contributed by atoms with Crippen LogP contribution in [0.25, 0.3) is 0 Å². The molecule has 0 spiro atoms. The molecular weight excluding hydrogens is 236 g/mol. The van der Waals surface area contributed by atoms with Gasteiger partial charge in [-0.1, -0.05) is 6.92 Å². The molecular formula is C15H28N4. The van der Waals surface area contributed by atoms with Crippen LogP contribution in [0.2, 0.25) is 0 Å². The molecule has 0 amide bonds. The van der Waals surface area contributed by atoms with Gasteiger partial charge in [-0.15, -0.1) is 0 Å². The van der Waals surface area contributed by atoms with Crippen LogP contribution in [0.4, 0.5) is 0 Å². The van der Waals surface area contributed by atoms with Gasteiger partial charge in [0.25, 0.3) is 0 Å². The fourth-order valence-corrected chi connectivity index (χ4v) is 3.37. The van der Waals surface area contributed by atoms with Crippen LogP contribution >= 0.6 is 0 Å². The first-order valence-electron chi connectivity index (χ1n) is 7.52. The maximum atomic E-state index is 4.51. The Bertz CT molecular complexity index is 424. The standard InChI is InChI=1S/C15H28N4/c1-6-19-9-7-8-14(19)10-16-11(2)15-12(3)17-18(5)13(15)4/h11,14,16H,6-10H2,1-5H3. The van der Waals surface area contributed by atoms with Gasteiger partial charge in [0.2, 0.25) is 0 Å². The van der Waals surface area contributed by atoms with Gasteiger partial charge in [-0.3, -0.25) is 9.58 Å². The largest absolute Gasteiger partial charge is 0.309 e. The lowest BCUT2D eigenvalue weighted by Gasteiger charge is -2.25. The summed E-state index contributed by atoms with van der Waals surface area (Å²) in [5.41, 5.74) is 3.79. The SMILES string of the molecule is CCN1CCCC1CNC(C)c1c(C)nn(C)c1C. The smallest absolute Gasteiger partial charge is 0.0644 e. The Kier molecular flexibility index (Phi) is 4.63. The second-order valence-corrected chi connectivity index (χ2v) is 5.76. The van der Waals surface area contributed by atoms with Crippen molar-refractivity contribution < 1.29 is 0 Å². The van der Waals surface area contributed by atoms with E-state index in [4.69, 9.17) is 0 Å². The Morgan fingerprint density at radius 3 is 2.74 bits per heavy atom. The second-order valence-electron chi connectivity index (χ2n) is 5.76. The number of hydrogen-bond acceptors (Lipinski definition) is 3. The summed E-state index contributed by atoms with van der Waals surface area (Å²) < 4.78 is 1.98. The molecule has 2 atom stereocenters. The fourth-order valence-electron chi connectivity index (χ4n) is 3.37. The van der Waals surface area contributed by atoms with E-state index in [2.05, 4.69) is 43.0 Å². The van der Waals surface area contributed by atoms with Gasteiger partial charge in [0.05, 0.1) is 5.69 Å². The minimum atomic E-state index is 0.382. The molecule has 0 aromatic carbocycles. The van der Waals surface area contributed by atoms with E-state index in [9.17, 15) is 0 Å². The average Bonchev–Trinajstić information content (AvgIpc) is 2.92. The monoisotopic (exact) mass is 264 g/mol. The molecule has 0 saturated carbocycles. The molecule has 108 valence electrons. The Labute approximate surface area is 117 Å². The van der Waals surface area contributed by atoms with Crippen molar-refractivity contribution in [2.45, 2.75) is 52.6 Å². The first-order chi connectivity index (χ1) is 9.04. The number of nitrogens with zero attached hydrogens (tertiary/aromatic N) is 3. The van der Waals surface area contributed by atoms with E-state index >= 15 is 0 Å². The van der Waals surface area contributed by atoms with Crippen LogP contribution in [0.15, 0.2) is 0 Å². The van der Waals surface area contributed by atoms with Crippen molar-refractivity contribution in [3.8, 4) is 0 Å². The van der Waals surface area contributed by atoms with Crippen molar-refractivity contribution in [3.63, 3.8) is 0 Å². The van der Waals surface area contributed by atoms with Crippen LogP contribution in [-0.4, -0.2) is 40.4 Å². The van der Waals surface area contributed by atoms with E-state index in [0.717, 1.165) is 12.2 Å². The lowest BCUT2D eigenvalue weighted by atomic mass is 10.1. The highest BCUT2D eigenvalue weighted by Crippen LogP contribution is 2.22. The third-order valence-electron chi connectivity index (χ3n) is 4.56. The van der Waals surface area contributed by atoms with Gasteiger partial charge < -0.3 is 5.32 Å². The predicted octanol–water partition coefficient (Wildman–Crippen LogP) is 2.17. The number of likely N-dealkylation sites (tertiary alicyclic amines) is 1. The zero-order chi connectivity index (χ0) is 14.0. The fraction of sp³-hybridized carbons (Fsp3) is 0.800. The molecule has 1 aliphatic heterocycles. The maximum Gasteiger partial charge on any atom is 0.0644 e. The van der Waals surface area contributed by atoms with Crippen LogP contribution in [-0.2, 0) is 7.05 Å². The molecule has 2 unspecified atom stereocenters. The summed E-state index contributed by atoms with van der Waals surface area (Å²) in [6.07, 6.45) is 2.68. The Hall–Kier alpha value is -0.870. The van der Waals surface area contributed by atoms with Crippen LogP contribution in [0, 0.1) is 13.8 Å². The first-order valence-corrected chi connectivity index (χ1v) is 7.52. The van der Waals surface area contributed by atoms with Crippen LogP contribution in [0.3, 0.4) is 0 Å². The minimum Gasteiger partial charge on any atom is -0.309 e. The summed E-state index contributed by atoms with van der Waals surface area (Å²) >= 11 is 0. The number of aromatic nitrogens is 2. The van der Waals surface area contributed by atoms with Gasteiger partial charge in [-0.05, 0) is 46.7 Å². The molecule has 0 aliphatic carbocycles. The van der Waals surface area contributed by atoms with Gasteiger partial charge in [-0.25, -0.2) is 0 Å². The quantitative estimate of drug-likeness (QED) is 0.885. The lowest BCUT2D eigenvalue weighted by Crippen LogP contribution is -2.38. The van der Waals surface area contributed by atoms with E-state index < -0.39 is 0 Å². The van der Waals surface area contributed by atoms with Crippen molar-refractivity contribution in [2.75, 3.05) is 19.6 Å². The zero-order valence-corrected chi connectivity index (χ0v) is 13.0. The molecule has 1 N–H and O–H groups in total. The third-order valence-corrected chi connectivity index (χ3v) is 4.56. The van der Waals surface area contributed by atoms with Crippen LogP contribution < -0.4 is 5.32 Å². The van der Waals surface area contributed by atoms with Gasteiger partial charge in [-0.2, -0.15) is 5.10 Å². The molecule has 2 rings (SSSR count). The highest BCUT2D eigenvalue weighted by molar-refractivity contribution is 5.27. The number of aryl methyl sites for hydroxylation is 2. The summed E-state index contributed by atoms with van der Waals surface area (Å²) in [7, 11) is 2.02. The van der Waals surface area contributed by atoms with Crippen molar-refractivity contribution in [3.05, 3.63) is 17.0 Å². The van der Waals surface area contributed by atoms with Crippen molar-refractivity contribution >= 4 is 0 Å². The van der Waals surface area contributed by atoms with Crippen molar-refractivity contribution in [1.29, 1.82) is 0 Å². The van der Waals surface area contributed by atoms with Crippen molar-refractivity contribution in [1.82, 2.24) is 20.0 Å². The molecule has 1 saturated heterocycles. The highest BCUT2D eigenvalue weighted by Gasteiger charge is 2.24. The highest BCUT2D eigenvalue weighted by atomic mass is 15.3.